The van der Waals surface area contributed by atoms with E-state index in [9.17, 15) is 9.18 Å². The number of hydrogen-bond acceptors (Lipinski definition) is 5. The quantitative estimate of drug-likeness (QED) is 0.602. The van der Waals surface area contributed by atoms with E-state index in [4.69, 9.17) is 21.1 Å². The normalized spacial score (nSPS) is 10.6. The summed E-state index contributed by atoms with van der Waals surface area (Å²) in [6.07, 6.45) is 0.114. The van der Waals surface area contributed by atoms with Gasteiger partial charge in [-0.2, -0.15) is 0 Å². The molecule has 2 aromatic carbocycles. The Hall–Kier alpha value is -2.64. The minimum atomic E-state index is -0.321. The van der Waals surface area contributed by atoms with Crippen molar-refractivity contribution in [3.05, 3.63) is 57.1 Å². The van der Waals surface area contributed by atoms with Crippen LogP contribution < -0.4 is 14.8 Å². The van der Waals surface area contributed by atoms with Crippen LogP contribution in [0.3, 0.4) is 0 Å². The predicted molar refractivity (Wildman–Crippen MR) is 109 cm³/mol. The van der Waals surface area contributed by atoms with Gasteiger partial charge in [-0.25, -0.2) is 9.37 Å². The van der Waals surface area contributed by atoms with Crippen molar-refractivity contribution in [2.45, 2.75) is 13.3 Å². The van der Waals surface area contributed by atoms with Gasteiger partial charge in [-0.05, 0) is 31.2 Å². The summed E-state index contributed by atoms with van der Waals surface area (Å²) in [7, 11) is 3.02. The van der Waals surface area contributed by atoms with Gasteiger partial charge in [0.25, 0.3) is 0 Å². The van der Waals surface area contributed by atoms with Gasteiger partial charge in [-0.15, -0.1) is 11.3 Å². The number of aryl methyl sites for hydroxylation is 1. The molecule has 0 spiro atoms. The van der Waals surface area contributed by atoms with Crippen LogP contribution in [0.5, 0.6) is 11.5 Å². The number of halogens is 2. The van der Waals surface area contributed by atoms with Crippen molar-refractivity contribution in [3.8, 4) is 22.8 Å². The average molecular weight is 421 g/mol. The number of aromatic nitrogens is 1. The molecule has 0 aliphatic heterocycles. The maximum atomic E-state index is 13.2. The number of hydrogen-bond donors (Lipinski definition) is 1. The third kappa shape index (κ3) is 4.43. The molecule has 3 aromatic rings. The zero-order chi connectivity index (χ0) is 20.3. The molecule has 0 bridgehead atoms. The molecule has 0 fully saturated rings. The van der Waals surface area contributed by atoms with Crippen LogP contribution in [0.2, 0.25) is 5.02 Å². The molecule has 0 atom stereocenters. The number of rotatable bonds is 6. The topological polar surface area (TPSA) is 60.5 Å². The van der Waals surface area contributed by atoms with Crippen LogP contribution in [0, 0.1) is 12.7 Å². The maximum Gasteiger partial charge on any atom is 0.229 e. The van der Waals surface area contributed by atoms with E-state index < -0.39 is 0 Å². The molecule has 1 amide bonds. The fraction of sp³-hybridized carbons (Fsp3) is 0.200. The number of nitrogens with zero attached hydrogens (tertiary/aromatic N) is 1. The largest absolute Gasteiger partial charge is 0.493 e. The lowest BCUT2D eigenvalue weighted by atomic mass is 10.1. The second-order valence-corrected chi connectivity index (χ2v) is 7.62. The van der Waals surface area contributed by atoms with Crippen LogP contribution in [-0.2, 0) is 11.2 Å². The highest BCUT2D eigenvalue weighted by molar-refractivity contribution is 7.12. The summed E-state index contributed by atoms with van der Waals surface area (Å²) in [5.41, 5.74) is 1.86. The Kier molecular flexibility index (Phi) is 6.16. The lowest BCUT2D eigenvalue weighted by Gasteiger charge is -2.12. The van der Waals surface area contributed by atoms with Gasteiger partial charge in [0, 0.05) is 22.6 Å². The smallest absolute Gasteiger partial charge is 0.229 e. The molecule has 1 aromatic heterocycles. The Morgan fingerprint density at radius 2 is 1.82 bits per heavy atom. The van der Waals surface area contributed by atoms with Gasteiger partial charge in [-0.3, -0.25) is 4.79 Å². The summed E-state index contributed by atoms with van der Waals surface area (Å²) in [6, 6.07) is 9.23. The highest BCUT2D eigenvalue weighted by Crippen LogP contribution is 2.36. The number of nitrogens with one attached hydrogen (secondary N) is 1. The third-order valence-electron chi connectivity index (χ3n) is 3.99. The van der Waals surface area contributed by atoms with Crippen LogP contribution in [-0.4, -0.2) is 25.1 Å². The molecular formula is C20H18ClFN2O3S. The number of methoxy groups -OCH3 is 2. The minimum absolute atomic E-state index is 0.114. The highest BCUT2D eigenvalue weighted by Gasteiger charge is 2.17. The molecule has 0 saturated heterocycles. The average Bonchev–Trinajstić information content (AvgIpc) is 3.03. The SMILES string of the molecule is COc1cc(Cl)c(NC(=O)Cc2sc(C)nc2-c2ccc(F)cc2)cc1OC. The molecule has 8 heteroatoms. The summed E-state index contributed by atoms with van der Waals surface area (Å²) >= 11 is 7.66. The van der Waals surface area contributed by atoms with Crippen molar-refractivity contribution < 1.29 is 18.7 Å². The van der Waals surface area contributed by atoms with E-state index in [1.807, 2.05) is 6.92 Å². The molecule has 0 aliphatic rings. The standard InChI is InChI=1S/C20H18ClFN2O3S/c1-11-23-20(12-4-6-13(22)7-5-12)18(28-11)10-19(25)24-15-9-17(27-3)16(26-2)8-14(15)21/h4-9H,10H2,1-3H3,(H,24,25). The minimum Gasteiger partial charge on any atom is -0.493 e. The van der Waals surface area contributed by atoms with Crippen molar-refractivity contribution in [2.75, 3.05) is 19.5 Å². The first-order valence-electron chi connectivity index (χ1n) is 8.35. The van der Waals surface area contributed by atoms with Gasteiger partial charge in [0.05, 0.1) is 42.1 Å². The van der Waals surface area contributed by atoms with E-state index in [1.165, 1.54) is 37.7 Å². The van der Waals surface area contributed by atoms with Gasteiger partial charge >= 0.3 is 0 Å². The molecule has 1 heterocycles. The number of amides is 1. The molecule has 3 rings (SSSR count). The number of thiazole rings is 1. The van der Waals surface area contributed by atoms with Crippen LogP contribution >= 0.6 is 22.9 Å². The first-order valence-corrected chi connectivity index (χ1v) is 9.54. The van der Waals surface area contributed by atoms with E-state index in [2.05, 4.69) is 10.3 Å². The monoisotopic (exact) mass is 420 g/mol. The van der Waals surface area contributed by atoms with Gasteiger partial charge in [0.2, 0.25) is 5.91 Å². The molecular weight excluding hydrogens is 403 g/mol. The molecule has 28 heavy (non-hydrogen) atoms. The molecule has 0 aliphatic carbocycles. The second kappa shape index (κ2) is 8.58. The first-order chi connectivity index (χ1) is 13.4. The van der Waals surface area contributed by atoms with Crippen molar-refractivity contribution in [3.63, 3.8) is 0 Å². The van der Waals surface area contributed by atoms with Crippen LogP contribution in [0.1, 0.15) is 9.88 Å². The fourth-order valence-electron chi connectivity index (χ4n) is 2.71. The van der Waals surface area contributed by atoms with E-state index in [0.717, 1.165) is 15.4 Å². The summed E-state index contributed by atoms with van der Waals surface area (Å²) in [5, 5.41) is 3.96. The van der Waals surface area contributed by atoms with E-state index >= 15 is 0 Å². The zero-order valence-corrected chi connectivity index (χ0v) is 17.1. The highest BCUT2D eigenvalue weighted by atomic mass is 35.5. The lowest BCUT2D eigenvalue weighted by Crippen LogP contribution is -2.14. The second-order valence-electron chi connectivity index (χ2n) is 5.92. The van der Waals surface area contributed by atoms with E-state index in [-0.39, 0.29) is 18.1 Å². The molecule has 0 unspecified atom stereocenters. The molecule has 0 saturated carbocycles. The predicted octanol–water partition coefficient (Wildman–Crippen LogP) is 5.11. The number of carbonyl (C=O) groups is 1. The van der Waals surface area contributed by atoms with Gasteiger partial charge < -0.3 is 14.8 Å². The van der Waals surface area contributed by atoms with Crippen LogP contribution in [0.15, 0.2) is 36.4 Å². The molecule has 0 radical (unpaired) electrons. The number of anilines is 1. The molecule has 1 N–H and O–H groups in total. The Labute approximate surface area is 171 Å². The Bertz CT molecular complexity index is 1010. The Balaban J connectivity index is 1.82. The van der Waals surface area contributed by atoms with Crippen molar-refractivity contribution >= 4 is 34.5 Å². The van der Waals surface area contributed by atoms with Gasteiger partial charge in [0.1, 0.15) is 5.82 Å². The number of carbonyl (C=O) groups excluding carboxylic acids is 1. The van der Waals surface area contributed by atoms with Crippen molar-refractivity contribution in [2.24, 2.45) is 0 Å². The number of ether oxygens (including phenoxy) is 2. The lowest BCUT2D eigenvalue weighted by molar-refractivity contribution is -0.115. The Morgan fingerprint density at radius 3 is 2.46 bits per heavy atom. The van der Waals surface area contributed by atoms with Crippen molar-refractivity contribution in [1.29, 1.82) is 0 Å². The van der Waals surface area contributed by atoms with Crippen molar-refractivity contribution in [1.82, 2.24) is 4.98 Å². The molecule has 5 nitrogen and oxygen atoms in total. The summed E-state index contributed by atoms with van der Waals surface area (Å²) < 4.78 is 23.6. The van der Waals surface area contributed by atoms with Crippen LogP contribution in [0.4, 0.5) is 10.1 Å². The summed E-state index contributed by atoms with van der Waals surface area (Å²) in [4.78, 5) is 17.9. The molecule has 146 valence electrons. The van der Waals surface area contributed by atoms with Crippen LogP contribution in [0.25, 0.3) is 11.3 Å². The van der Waals surface area contributed by atoms with E-state index in [0.29, 0.717) is 27.9 Å². The summed E-state index contributed by atoms with van der Waals surface area (Å²) in [6.45, 7) is 1.87. The maximum absolute atomic E-state index is 13.2. The number of benzene rings is 2. The van der Waals surface area contributed by atoms with Gasteiger partial charge in [0.15, 0.2) is 11.5 Å². The summed E-state index contributed by atoms with van der Waals surface area (Å²) in [5.74, 6) is 0.365. The first kappa shape index (κ1) is 20.1. The third-order valence-corrected chi connectivity index (χ3v) is 5.27. The Morgan fingerprint density at radius 1 is 1.18 bits per heavy atom. The van der Waals surface area contributed by atoms with E-state index in [1.54, 1.807) is 24.3 Å². The van der Waals surface area contributed by atoms with Gasteiger partial charge in [-0.1, -0.05) is 11.6 Å². The fourth-order valence-corrected chi connectivity index (χ4v) is 3.87. The zero-order valence-electron chi connectivity index (χ0n) is 15.5.